The van der Waals surface area contributed by atoms with Crippen molar-refractivity contribution in [2.45, 2.75) is 322 Å². The minimum absolute atomic E-state index is 0.0814. The molecule has 1 unspecified atom stereocenters. The zero-order valence-electron chi connectivity index (χ0n) is 47.2. The van der Waals surface area contributed by atoms with Gasteiger partial charge in [-0.2, -0.15) is 0 Å². The molecule has 0 aromatic rings. The number of rotatable bonds is 56. The van der Waals surface area contributed by atoms with Crippen LogP contribution in [0.5, 0.6) is 0 Å². The first-order valence-corrected chi connectivity index (χ1v) is 30.8. The molecule has 0 aliphatic carbocycles. The summed E-state index contributed by atoms with van der Waals surface area (Å²) in [7, 11) is 0. The lowest BCUT2D eigenvalue weighted by atomic mass is 10.0. The van der Waals surface area contributed by atoms with Crippen LogP contribution in [0.3, 0.4) is 0 Å². The van der Waals surface area contributed by atoms with E-state index < -0.39 is 6.10 Å². The molecule has 0 aromatic carbocycles. The molecule has 0 rings (SSSR count). The van der Waals surface area contributed by atoms with E-state index in [1.807, 2.05) is 0 Å². The Kier molecular flexibility index (Phi) is 57.2. The van der Waals surface area contributed by atoms with Crippen molar-refractivity contribution in [3.8, 4) is 0 Å². The normalized spacial score (nSPS) is 12.4. The Hall–Kier alpha value is -2.89. The lowest BCUT2D eigenvalue weighted by molar-refractivity contribution is -0.167. The molecular weight excluding hydrogens is 877 g/mol. The van der Waals surface area contributed by atoms with Gasteiger partial charge in [-0.1, -0.05) is 274 Å². The third-order valence-corrected chi connectivity index (χ3v) is 13.5. The smallest absolute Gasteiger partial charge is 0.306 e. The van der Waals surface area contributed by atoms with Crippen LogP contribution >= 0.6 is 0 Å². The van der Waals surface area contributed by atoms with E-state index in [1.165, 1.54) is 173 Å². The van der Waals surface area contributed by atoms with Crippen molar-refractivity contribution in [3.63, 3.8) is 0 Å². The Morgan fingerprint density at radius 3 is 0.859 bits per heavy atom. The van der Waals surface area contributed by atoms with Crippen LogP contribution in [-0.2, 0) is 28.6 Å². The minimum Gasteiger partial charge on any atom is -0.462 e. The first-order valence-electron chi connectivity index (χ1n) is 30.8. The summed E-state index contributed by atoms with van der Waals surface area (Å²) in [4.78, 5) is 38.2. The molecule has 0 aromatic heterocycles. The molecule has 0 N–H and O–H groups in total. The van der Waals surface area contributed by atoms with Crippen molar-refractivity contribution in [1.29, 1.82) is 0 Å². The van der Waals surface area contributed by atoms with Gasteiger partial charge in [0.2, 0.25) is 0 Å². The van der Waals surface area contributed by atoms with Crippen LogP contribution < -0.4 is 0 Å². The molecule has 0 aliphatic heterocycles. The molecule has 0 saturated heterocycles. The van der Waals surface area contributed by atoms with Crippen LogP contribution in [0.25, 0.3) is 0 Å². The minimum atomic E-state index is -0.786. The lowest BCUT2D eigenvalue weighted by Gasteiger charge is -2.18. The van der Waals surface area contributed by atoms with Crippen molar-refractivity contribution < 1.29 is 28.6 Å². The SMILES string of the molecule is CCCC/C=C\C/C=C\CCCCCCCC(=O)OCC(COC(=O)CCCCCCCCCCCCCCCCCCCCCC)OC(=O)CCCCCCCC/C=C\C/C=C\C/C=C\CCCCC. The summed E-state index contributed by atoms with van der Waals surface area (Å²) in [6.45, 7) is 6.59. The average molecular weight is 994 g/mol. The fourth-order valence-corrected chi connectivity index (χ4v) is 8.82. The molecule has 0 amide bonds. The highest BCUT2D eigenvalue weighted by atomic mass is 16.6. The number of carbonyl (C=O) groups excluding carboxylic acids is 3. The highest BCUT2D eigenvalue weighted by molar-refractivity contribution is 5.71. The molecule has 0 radical (unpaired) electrons. The highest BCUT2D eigenvalue weighted by Gasteiger charge is 2.19. The molecular formula is C65H116O6. The number of hydrogen-bond donors (Lipinski definition) is 0. The number of carbonyl (C=O) groups is 3. The van der Waals surface area contributed by atoms with Crippen molar-refractivity contribution in [2.75, 3.05) is 13.2 Å². The maximum atomic E-state index is 12.9. The molecule has 6 heteroatoms. The maximum absolute atomic E-state index is 12.9. The second-order valence-electron chi connectivity index (χ2n) is 20.6. The van der Waals surface area contributed by atoms with Crippen molar-refractivity contribution in [3.05, 3.63) is 60.8 Å². The van der Waals surface area contributed by atoms with Gasteiger partial charge in [0.15, 0.2) is 6.10 Å². The predicted molar refractivity (Wildman–Crippen MR) is 307 cm³/mol. The van der Waals surface area contributed by atoms with E-state index >= 15 is 0 Å². The lowest BCUT2D eigenvalue weighted by Crippen LogP contribution is -2.30. The predicted octanol–water partition coefficient (Wildman–Crippen LogP) is 20.8. The summed E-state index contributed by atoms with van der Waals surface area (Å²) in [6.07, 6.45) is 75.0. The zero-order valence-corrected chi connectivity index (χ0v) is 47.2. The molecule has 1 atom stereocenters. The quantitative estimate of drug-likeness (QED) is 0.0261. The van der Waals surface area contributed by atoms with Gasteiger partial charge in [-0.15, -0.1) is 0 Å². The molecule has 412 valence electrons. The fourth-order valence-electron chi connectivity index (χ4n) is 8.82. The Morgan fingerprint density at radius 1 is 0.282 bits per heavy atom. The third kappa shape index (κ3) is 57.9. The van der Waals surface area contributed by atoms with Gasteiger partial charge in [-0.25, -0.2) is 0 Å². The van der Waals surface area contributed by atoms with E-state index in [2.05, 4.69) is 81.5 Å². The first kappa shape index (κ1) is 68.1. The summed E-state index contributed by atoms with van der Waals surface area (Å²) >= 11 is 0. The number of ether oxygens (including phenoxy) is 3. The van der Waals surface area contributed by atoms with Gasteiger partial charge in [0.1, 0.15) is 13.2 Å². The van der Waals surface area contributed by atoms with E-state index in [1.54, 1.807) is 0 Å². The number of unbranched alkanes of at least 4 members (excludes halogenated alkanes) is 35. The molecule has 0 fully saturated rings. The molecule has 0 heterocycles. The van der Waals surface area contributed by atoms with E-state index in [0.29, 0.717) is 19.3 Å². The second kappa shape index (κ2) is 59.7. The summed E-state index contributed by atoms with van der Waals surface area (Å²) in [6, 6.07) is 0. The van der Waals surface area contributed by atoms with Gasteiger partial charge in [0.25, 0.3) is 0 Å². The van der Waals surface area contributed by atoms with Crippen LogP contribution in [-0.4, -0.2) is 37.2 Å². The van der Waals surface area contributed by atoms with Crippen molar-refractivity contribution in [1.82, 2.24) is 0 Å². The standard InChI is InChI=1S/C65H116O6/c1-4-7-10-13-16-19-22-25-28-30-32-34-35-37-40-43-46-49-52-55-58-64(67)70-61-62(60-69-63(66)57-54-51-48-45-42-39-27-24-21-18-15-12-9-6-3)71-65(68)59-56-53-50-47-44-41-38-36-33-31-29-26-23-20-17-14-11-8-5-2/h15,17-18,20,24,26-27,29,33,36,62H,4-14,16,19,21-23,25,28,30-32,34-35,37-61H2,1-3H3/b18-15-,20-17-,27-24-,29-26-,36-33-. The Labute approximate surface area is 440 Å². The molecule has 71 heavy (non-hydrogen) atoms. The molecule has 0 bridgehead atoms. The topological polar surface area (TPSA) is 78.9 Å². The summed E-state index contributed by atoms with van der Waals surface area (Å²) in [5, 5.41) is 0. The van der Waals surface area contributed by atoms with E-state index in [0.717, 1.165) is 103 Å². The molecule has 6 nitrogen and oxygen atoms in total. The first-order chi connectivity index (χ1) is 35.0. The van der Waals surface area contributed by atoms with Crippen LogP contribution in [0.2, 0.25) is 0 Å². The van der Waals surface area contributed by atoms with Crippen molar-refractivity contribution in [2.24, 2.45) is 0 Å². The number of esters is 3. The van der Waals surface area contributed by atoms with Crippen LogP contribution in [0, 0.1) is 0 Å². The van der Waals surface area contributed by atoms with Crippen LogP contribution in [0.15, 0.2) is 60.8 Å². The summed E-state index contributed by atoms with van der Waals surface area (Å²) in [5.74, 6) is -0.893. The number of allylic oxidation sites excluding steroid dienone is 10. The van der Waals surface area contributed by atoms with E-state index in [4.69, 9.17) is 14.2 Å². The monoisotopic (exact) mass is 993 g/mol. The van der Waals surface area contributed by atoms with Gasteiger partial charge in [0.05, 0.1) is 0 Å². The summed E-state index contributed by atoms with van der Waals surface area (Å²) in [5.41, 5.74) is 0. The van der Waals surface area contributed by atoms with Gasteiger partial charge in [0, 0.05) is 19.3 Å². The van der Waals surface area contributed by atoms with Gasteiger partial charge in [-0.05, 0) is 83.5 Å². The van der Waals surface area contributed by atoms with Crippen LogP contribution in [0.4, 0.5) is 0 Å². The summed E-state index contributed by atoms with van der Waals surface area (Å²) < 4.78 is 16.9. The van der Waals surface area contributed by atoms with E-state index in [-0.39, 0.29) is 31.1 Å². The second-order valence-corrected chi connectivity index (χ2v) is 20.6. The number of hydrogen-bond acceptors (Lipinski definition) is 6. The van der Waals surface area contributed by atoms with Crippen LogP contribution in [0.1, 0.15) is 316 Å². The molecule has 0 aliphatic rings. The van der Waals surface area contributed by atoms with Gasteiger partial charge in [-0.3, -0.25) is 14.4 Å². The van der Waals surface area contributed by atoms with Gasteiger partial charge < -0.3 is 14.2 Å². The largest absolute Gasteiger partial charge is 0.462 e. The highest BCUT2D eigenvalue weighted by Crippen LogP contribution is 2.17. The van der Waals surface area contributed by atoms with E-state index in [9.17, 15) is 14.4 Å². The Bertz CT molecular complexity index is 1280. The molecule has 0 saturated carbocycles. The Balaban J connectivity index is 4.36. The zero-order chi connectivity index (χ0) is 51.4. The van der Waals surface area contributed by atoms with Gasteiger partial charge >= 0.3 is 17.9 Å². The third-order valence-electron chi connectivity index (χ3n) is 13.5. The maximum Gasteiger partial charge on any atom is 0.306 e. The van der Waals surface area contributed by atoms with Crippen molar-refractivity contribution >= 4 is 17.9 Å². The molecule has 0 spiro atoms. The average Bonchev–Trinajstić information content (AvgIpc) is 3.37. The Morgan fingerprint density at radius 2 is 0.521 bits per heavy atom. The fraction of sp³-hybridized carbons (Fsp3) is 0.800.